The van der Waals surface area contributed by atoms with E-state index in [9.17, 15) is 8.42 Å². The molecular weight excluding hydrogens is 334 g/mol. The fourth-order valence-corrected chi connectivity index (χ4v) is 4.05. The average Bonchev–Trinajstić information content (AvgIpc) is 2.31. The number of rotatable bonds is 3. The number of nitrogens with one attached hydrogen (secondary N) is 1. The highest BCUT2D eigenvalue weighted by molar-refractivity contribution is 9.10. The Morgan fingerprint density at radius 1 is 1.58 bits per heavy atom. The van der Waals surface area contributed by atoms with E-state index in [1.807, 2.05) is 6.92 Å². The summed E-state index contributed by atoms with van der Waals surface area (Å²) in [5, 5.41) is 0. The summed E-state index contributed by atoms with van der Waals surface area (Å²) in [6.07, 6.45) is 3.01. The van der Waals surface area contributed by atoms with Crippen LogP contribution in [0.15, 0.2) is 21.6 Å². The molecule has 1 saturated heterocycles. The first-order valence-electron chi connectivity index (χ1n) is 5.85. The van der Waals surface area contributed by atoms with Crippen LogP contribution in [0.2, 0.25) is 0 Å². The molecule has 1 aliphatic rings. The topological polar surface area (TPSA) is 94.3 Å². The molecule has 0 spiro atoms. The zero-order chi connectivity index (χ0) is 14.1. The molecule has 2 heterocycles. The Kier molecular flexibility index (Phi) is 4.14. The third-order valence-corrected chi connectivity index (χ3v) is 5.06. The van der Waals surface area contributed by atoms with Crippen molar-refractivity contribution in [3.63, 3.8) is 0 Å². The van der Waals surface area contributed by atoms with Crippen LogP contribution in [-0.2, 0) is 14.8 Å². The quantitative estimate of drug-likeness (QED) is 0.856. The molecule has 1 aromatic heterocycles. The van der Waals surface area contributed by atoms with Gasteiger partial charge in [0.15, 0.2) is 0 Å². The molecule has 1 fully saturated rings. The summed E-state index contributed by atoms with van der Waals surface area (Å²) >= 11 is 3.19. The first kappa shape index (κ1) is 14.7. The highest BCUT2D eigenvalue weighted by Crippen LogP contribution is 2.25. The van der Waals surface area contributed by atoms with Gasteiger partial charge >= 0.3 is 0 Å². The molecule has 1 atom stereocenters. The Hall–Kier alpha value is -0.700. The van der Waals surface area contributed by atoms with Crippen LogP contribution in [0.3, 0.4) is 0 Å². The summed E-state index contributed by atoms with van der Waals surface area (Å²) in [5.74, 6) is -0.0176. The molecular formula is C11H16BrN3O3S. The van der Waals surface area contributed by atoms with Gasteiger partial charge < -0.3 is 10.5 Å². The van der Waals surface area contributed by atoms with Crippen LogP contribution in [0, 0.1) is 0 Å². The van der Waals surface area contributed by atoms with Crippen LogP contribution < -0.4 is 10.5 Å². The monoisotopic (exact) mass is 349 g/mol. The first-order valence-corrected chi connectivity index (χ1v) is 8.13. The number of pyridine rings is 1. The fourth-order valence-electron chi connectivity index (χ4n) is 2.04. The summed E-state index contributed by atoms with van der Waals surface area (Å²) in [6, 6.07) is 1.44. The van der Waals surface area contributed by atoms with Crippen LogP contribution in [0.1, 0.15) is 19.8 Å². The predicted octanol–water partition coefficient (Wildman–Crippen LogP) is 1.27. The van der Waals surface area contributed by atoms with E-state index in [1.165, 1.54) is 12.3 Å². The van der Waals surface area contributed by atoms with Crippen molar-refractivity contribution in [2.75, 3.05) is 18.9 Å². The van der Waals surface area contributed by atoms with Crippen LogP contribution in [-0.4, -0.2) is 32.2 Å². The SMILES string of the molecule is CC1(NS(=O)(=O)c2cc(Br)cnc2N)CCCOC1. The molecule has 0 aliphatic carbocycles. The van der Waals surface area contributed by atoms with Crippen LogP contribution >= 0.6 is 15.9 Å². The Bertz CT molecular complexity index is 571. The van der Waals surface area contributed by atoms with E-state index in [4.69, 9.17) is 10.5 Å². The van der Waals surface area contributed by atoms with E-state index >= 15 is 0 Å². The number of anilines is 1. The molecule has 0 aromatic carbocycles. The molecule has 1 aliphatic heterocycles. The predicted molar refractivity (Wildman–Crippen MR) is 75.1 cm³/mol. The average molecular weight is 350 g/mol. The standard InChI is InChI=1S/C11H16BrN3O3S/c1-11(3-2-4-18-7-11)15-19(16,17)9-5-8(12)6-14-10(9)13/h5-6,15H,2-4,7H2,1H3,(H2,13,14). The van der Waals surface area contributed by atoms with Crippen molar-refractivity contribution in [3.8, 4) is 0 Å². The molecule has 6 nitrogen and oxygen atoms in total. The van der Waals surface area contributed by atoms with Gasteiger partial charge in [0.2, 0.25) is 10.0 Å². The Balaban J connectivity index is 2.29. The van der Waals surface area contributed by atoms with E-state index in [0.29, 0.717) is 17.7 Å². The summed E-state index contributed by atoms with van der Waals surface area (Å²) in [5.41, 5.74) is 5.04. The molecule has 19 heavy (non-hydrogen) atoms. The smallest absolute Gasteiger partial charge is 0.244 e. The van der Waals surface area contributed by atoms with Crippen LogP contribution in [0.4, 0.5) is 5.82 Å². The zero-order valence-electron chi connectivity index (χ0n) is 10.5. The van der Waals surface area contributed by atoms with Gasteiger partial charge in [-0.3, -0.25) is 0 Å². The summed E-state index contributed by atoms with van der Waals surface area (Å²) in [4.78, 5) is 3.82. The van der Waals surface area contributed by atoms with Crippen molar-refractivity contribution in [2.45, 2.75) is 30.2 Å². The van der Waals surface area contributed by atoms with E-state index < -0.39 is 15.6 Å². The number of hydrogen-bond acceptors (Lipinski definition) is 5. The number of nitrogen functional groups attached to an aromatic ring is 1. The molecule has 1 aromatic rings. The maximum atomic E-state index is 12.4. The Labute approximate surface area is 120 Å². The van der Waals surface area contributed by atoms with Crippen molar-refractivity contribution in [1.82, 2.24) is 9.71 Å². The fraction of sp³-hybridized carbons (Fsp3) is 0.545. The van der Waals surface area contributed by atoms with Gasteiger partial charge in [-0.1, -0.05) is 0 Å². The molecule has 3 N–H and O–H groups in total. The number of ether oxygens (including phenoxy) is 1. The van der Waals surface area contributed by atoms with E-state index in [1.54, 1.807) is 0 Å². The third-order valence-electron chi connectivity index (χ3n) is 2.96. The molecule has 0 bridgehead atoms. The highest BCUT2D eigenvalue weighted by Gasteiger charge is 2.33. The number of aromatic nitrogens is 1. The van der Waals surface area contributed by atoms with Crippen molar-refractivity contribution < 1.29 is 13.2 Å². The van der Waals surface area contributed by atoms with E-state index in [-0.39, 0.29) is 10.7 Å². The Morgan fingerprint density at radius 3 is 2.95 bits per heavy atom. The molecule has 106 valence electrons. The number of nitrogens with two attached hydrogens (primary N) is 1. The lowest BCUT2D eigenvalue weighted by Crippen LogP contribution is -2.51. The van der Waals surface area contributed by atoms with Gasteiger partial charge in [0.1, 0.15) is 10.7 Å². The number of halogens is 1. The third kappa shape index (κ3) is 3.44. The van der Waals surface area contributed by atoms with Gasteiger partial charge in [-0.15, -0.1) is 0 Å². The minimum absolute atomic E-state index is 0.0176. The Morgan fingerprint density at radius 2 is 2.32 bits per heavy atom. The van der Waals surface area contributed by atoms with Gasteiger partial charge in [0, 0.05) is 17.3 Å². The van der Waals surface area contributed by atoms with Crippen molar-refractivity contribution in [2.24, 2.45) is 0 Å². The summed E-state index contributed by atoms with van der Waals surface area (Å²) in [7, 11) is -3.72. The van der Waals surface area contributed by atoms with Gasteiger partial charge in [0.05, 0.1) is 12.1 Å². The second-order valence-corrected chi connectivity index (χ2v) is 7.43. The largest absolute Gasteiger partial charge is 0.383 e. The minimum Gasteiger partial charge on any atom is -0.383 e. The maximum absolute atomic E-state index is 12.4. The van der Waals surface area contributed by atoms with Gasteiger partial charge in [-0.2, -0.15) is 0 Å². The molecule has 0 saturated carbocycles. The molecule has 0 radical (unpaired) electrons. The first-order chi connectivity index (χ1) is 8.82. The lowest BCUT2D eigenvalue weighted by Gasteiger charge is -2.33. The second-order valence-electron chi connectivity index (χ2n) is 4.86. The van der Waals surface area contributed by atoms with Crippen LogP contribution in [0.5, 0.6) is 0 Å². The zero-order valence-corrected chi connectivity index (χ0v) is 12.9. The second kappa shape index (κ2) is 5.35. The summed E-state index contributed by atoms with van der Waals surface area (Å²) in [6.45, 7) is 2.84. The summed E-state index contributed by atoms with van der Waals surface area (Å²) < 4.78 is 33.3. The van der Waals surface area contributed by atoms with Crippen molar-refractivity contribution >= 4 is 31.8 Å². The number of hydrogen-bond donors (Lipinski definition) is 2. The molecule has 0 amide bonds. The normalized spacial score (nSPS) is 24.3. The number of nitrogens with zero attached hydrogens (tertiary/aromatic N) is 1. The van der Waals surface area contributed by atoms with E-state index in [2.05, 4.69) is 25.6 Å². The number of sulfonamides is 1. The lowest BCUT2D eigenvalue weighted by molar-refractivity contribution is 0.0386. The van der Waals surface area contributed by atoms with Crippen LogP contribution in [0.25, 0.3) is 0 Å². The van der Waals surface area contributed by atoms with Crippen molar-refractivity contribution in [3.05, 3.63) is 16.7 Å². The molecule has 1 unspecified atom stereocenters. The highest BCUT2D eigenvalue weighted by atomic mass is 79.9. The molecule has 2 rings (SSSR count). The van der Waals surface area contributed by atoms with Gasteiger partial charge in [0.25, 0.3) is 0 Å². The lowest BCUT2D eigenvalue weighted by atomic mass is 9.97. The van der Waals surface area contributed by atoms with E-state index in [0.717, 1.165) is 12.8 Å². The van der Waals surface area contributed by atoms with Gasteiger partial charge in [-0.25, -0.2) is 18.1 Å². The van der Waals surface area contributed by atoms with Gasteiger partial charge in [-0.05, 0) is 41.8 Å². The maximum Gasteiger partial charge on any atom is 0.244 e. The molecule has 8 heteroatoms. The van der Waals surface area contributed by atoms with Crippen molar-refractivity contribution in [1.29, 1.82) is 0 Å². The minimum atomic E-state index is -3.72.